The first-order chi connectivity index (χ1) is 7.69. The van der Waals surface area contributed by atoms with Crippen LogP contribution in [0.2, 0.25) is 0 Å². The molecule has 1 aromatic carbocycles. The smallest absolute Gasteiger partial charge is 0.130 e. The van der Waals surface area contributed by atoms with Gasteiger partial charge in [-0.3, -0.25) is 11.3 Å². The molecular weight excluding hydrogens is 230 g/mol. The lowest BCUT2D eigenvalue weighted by atomic mass is 10.1. The zero-order valence-electron chi connectivity index (χ0n) is 9.17. The van der Waals surface area contributed by atoms with Crippen molar-refractivity contribution in [3.63, 3.8) is 0 Å². The van der Waals surface area contributed by atoms with Gasteiger partial charge in [-0.25, -0.2) is 8.78 Å². The second kappa shape index (κ2) is 6.83. The Hall–Kier alpha value is -0.650. The van der Waals surface area contributed by atoms with Crippen LogP contribution in [-0.2, 0) is 0 Å². The molecule has 1 rings (SSSR count). The van der Waals surface area contributed by atoms with Gasteiger partial charge in [-0.05, 0) is 18.2 Å². The van der Waals surface area contributed by atoms with Crippen LogP contribution < -0.4 is 11.3 Å². The summed E-state index contributed by atoms with van der Waals surface area (Å²) in [5.74, 6) is 5.92. The molecule has 2 nitrogen and oxygen atoms in total. The van der Waals surface area contributed by atoms with Gasteiger partial charge in [0.25, 0.3) is 0 Å². The monoisotopic (exact) mass is 246 g/mol. The molecule has 3 N–H and O–H groups in total. The van der Waals surface area contributed by atoms with E-state index in [1.807, 2.05) is 0 Å². The summed E-state index contributed by atoms with van der Waals surface area (Å²) in [6.07, 6.45) is 1.06. The third-order valence-electron chi connectivity index (χ3n) is 2.17. The predicted octanol–water partition coefficient (Wildman–Crippen LogP) is 2.61. The quantitative estimate of drug-likeness (QED) is 0.460. The average molecular weight is 246 g/mol. The summed E-state index contributed by atoms with van der Waals surface area (Å²) in [4.78, 5) is 0. The summed E-state index contributed by atoms with van der Waals surface area (Å²) < 4.78 is 26.2. The Morgan fingerprint density at radius 2 is 2.19 bits per heavy atom. The highest BCUT2D eigenvalue weighted by atomic mass is 32.2. The predicted molar refractivity (Wildman–Crippen MR) is 64.0 cm³/mol. The van der Waals surface area contributed by atoms with Gasteiger partial charge in [0.2, 0.25) is 0 Å². The molecule has 0 aromatic heterocycles. The van der Waals surface area contributed by atoms with Crippen molar-refractivity contribution in [1.29, 1.82) is 0 Å². The van der Waals surface area contributed by atoms with Gasteiger partial charge in [-0.15, -0.1) is 0 Å². The van der Waals surface area contributed by atoms with Gasteiger partial charge in [0, 0.05) is 17.4 Å². The van der Waals surface area contributed by atoms with E-state index in [-0.39, 0.29) is 6.04 Å². The molecule has 0 aliphatic heterocycles. The van der Waals surface area contributed by atoms with E-state index in [9.17, 15) is 8.78 Å². The number of benzene rings is 1. The molecule has 0 spiro atoms. The maximum atomic E-state index is 13.5. The second-order valence-corrected chi connectivity index (χ2v) is 4.61. The molecule has 0 bridgehead atoms. The zero-order chi connectivity index (χ0) is 12.0. The fourth-order valence-corrected chi connectivity index (χ4v) is 2.32. The second-order valence-electron chi connectivity index (χ2n) is 3.46. The van der Waals surface area contributed by atoms with E-state index >= 15 is 0 Å². The summed E-state index contributed by atoms with van der Waals surface area (Å²) in [6, 6.07) is 3.27. The fourth-order valence-electron chi connectivity index (χ4n) is 1.36. The minimum absolute atomic E-state index is 0.280. The molecule has 0 radical (unpaired) electrons. The van der Waals surface area contributed by atoms with Crippen LogP contribution in [0.15, 0.2) is 18.2 Å². The largest absolute Gasteiger partial charge is 0.271 e. The van der Waals surface area contributed by atoms with Gasteiger partial charge >= 0.3 is 0 Å². The molecular formula is C11H16F2N2S. The number of nitrogens with two attached hydrogens (primary N) is 1. The number of hydrogen-bond donors (Lipinski definition) is 2. The molecule has 90 valence electrons. The summed E-state index contributed by atoms with van der Waals surface area (Å²) in [6.45, 7) is 2.08. The number of hydrogen-bond acceptors (Lipinski definition) is 3. The zero-order valence-corrected chi connectivity index (χ0v) is 9.99. The van der Waals surface area contributed by atoms with E-state index in [0.29, 0.717) is 11.3 Å². The van der Waals surface area contributed by atoms with Crippen molar-refractivity contribution >= 4 is 11.8 Å². The molecule has 1 aromatic rings. The first-order valence-electron chi connectivity index (χ1n) is 5.17. The molecule has 5 heteroatoms. The Labute approximate surface area is 98.6 Å². The van der Waals surface area contributed by atoms with Gasteiger partial charge in [-0.1, -0.05) is 13.0 Å². The minimum Gasteiger partial charge on any atom is -0.271 e. The van der Waals surface area contributed by atoms with Crippen molar-refractivity contribution in [3.8, 4) is 0 Å². The van der Waals surface area contributed by atoms with Crippen LogP contribution in [-0.4, -0.2) is 11.5 Å². The molecule has 1 atom stereocenters. The van der Waals surface area contributed by atoms with E-state index < -0.39 is 11.6 Å². The highest BCUT2D eigenvalue weighted by Crippen LogP contribution is 2.21. The van der Waals surface area contributed by atoms with Crippen molar-refractivity contribution in [2.24, 2.45) is 5.84 Å². The van der Waals surface area contributed by atoms with Gasteiger partial charge in [0.1, 0.15) is 11.6 Å². The minimum atomic E-state index is -0.571. The number of nitrogens with one attached hydrogen (secondary N) is 1. The molecule has 1 unspecified atom stereocenters. The molecule has 16 heavy (non-hydrogen) atoms. The molecule has 0 fully saturated rings. The van der Waals surface area contributed by atoms with Gasteiger partial charge in [0.15, 0.2) is 0 Å². The molecule has 0 amide bonds. The first kappa shape index (κ1) is 13.4. The highest BCUT2D eigenvalue weighted by molar-refractivity contribution is 7.99. The average Bonchev–Trinajstić information content (AvgIpc) is 2.26. The van der Waals surface area contributed by atoms with Crippen LogP contribution in [0, 0.1) is 11.6 Å². The molecule has 0 saturated carbocycles. The Morgan fingerprint density at radius 1 is 1.44 bits per heavy atom. The van der Waals surface area contributed by atoms with Crippen LogP contribution in [0.1, 0.15) is 24.9 Å². The summed E-state index contributed by atoms with van der Waals surface area (Å²) in [5.41, 5.74) is 2.96. The van der Waals surface area contributed by atoms with Crippen molar-refractivity contribution in [3.05, 3.63) is 35.4 Å². The standard InChI is InChI=1S/C11H16F2N2S/c1-2-5-16-7-11(15-14)9-4-3-8(12)6-10(9)13/h3-4,6,11,15H,2,5,7,14H2,1H3. The Morgan fingerprint density at radius 3 is 2.75 bits per heavy atom. The third-order valence-corrected chi connectivity index (χ3v) is 3.44. The van der Waals surface area contributed by atoms with Crippen LogP contribution in [0.5, 0.6) is 0 Å². The number of halogens is 2. The van der Waals surface area contributed by atoms with Gasteiger partial charge in [0.05, 0.1) is 6.04 Å². The van der Waals surface area contributed by atoms with Crippen molar-refractivity contribution < 1.29 is 8.78 Å². The van der Waals surface area contributed by atoms with Crippen LogP contribution in [0.4, 0.5) is 8.78 Å². The van der Waals surface area contributed by atoms with E-state index in [2.05, 4.69) is 12.3 Å². The topological polar surface area (TPSA) is 38.0 Å². The van der Waals surface area contributed by atoms with Gasteiger partial charge < -0.3 is 0 Å². The Kier molecular flexibility index (Phi) is 5.73. The van der Waals surface area contributed by atoms with E-state index in [4.69, 9.17) is 5.84 Å². The van der Waals surface area contributed by atoms with E-state index in [1.165, 1.54) is 12.1 Å². The Balaban J connectivity index is 2.70. The summed E-state index contributed by atoms with van der Waals surface area (Å²) >= 11 is 1.69. The lowest BCUT2D eigenvalue weighted by Gasteiger charge is -2.16. The third kappa shape index (κ3) is 3.73. The van der Waals surface area contributed by atoms with Gasteiger partial charge in [-0.2, -0.15) is 11.8 Å². The number of thioether (sulfide) groups is 1. The maximum absolute atomic E-state index is 13.5. The SMILES string of the molecule is CCCSCC(NN)c1ccc(F)cc1F. The summed E-state index contributed by atoms with van der Waals surface area (Å²) in [5, 5.41) is 0. The fraction of sp³-hybridized carbons (Fsp3) is 0.455. The number of hydrazine groups is 1. The molecule has 0 saturated heterocycles. The Bertz CT molecular complexity index is 334. The lowest BCUT2D eigenvalue weighted by Crippen LogP contribution is -2.30. The van der Waals surface area contributed by atoms with E-state index in [1.54, 1.807) is 11.8 Å². The first-order valence-corrected chi connectivity index (χ1v) is 6.33. The normalized spacial score (nSPS) is 12.8. The summed E-state index contributed by atoms with van der Waals surface area (Å²) in [7, 11) is 0. The molecule has 0 aliphatic carbocycles. The molecule has 0 heterocycles. The van der Waals surface area contributed by atoms with Crippen molar-refractivity contribution in [2.75, 3.05) is 11.5 Å². The van der Waals surface area contributed by atoms with E-state index in [0.717, 1.165) is 18.2 Å². The lowest BCUT2D eigenvalue weighted by molar-refractivity contribution is 0.531. The highest BCUT2D eigenvalue weighted by Gasteiger charge is 2.14. The van der Waals surface area contributed by atoms with Crippen molar-refractivity contribution in [2.45, 2.75) is 19.4 Å². The molecule has 0 aliphatic rings. The number of rotatable bonds is 6. The van der Waals surface area contributed by atoms with Crippen LogP contribution in [0.25, 0.3) is 0 Å². The van der Waals surface area contributed by atoms with Crippen LogP contribution >= 0.6 is 11.8 Å². The van der Waals surface area contributed by atoms with Crippen molar-refractivity contribution in [1.82, 2.24) is 5.43 Å². The maximum Gasteiger partial charge on any atom is 0.130 e. The van der Waals surface area contributed by atoms with Crippen LogP contribution in [0.3, 0.4) is 0 Å².